The van der Waals surface area contributed by atoms with Gasteiger partial charge in [0, 0.05) is 6.42 Å². The molecule has 0 fully saturated rings. The molecule has 0 aliphatic heterocycles. The highest BCUT2D eigenvalue weighted by Gasteiger charge is 2.13. The lowest BCUT2D eigenvalue weighted by molar-refractivity contribution is -0.142. The van der Waals surface area contributed by atoms with Crippen molar-refractivity contribution < 1.29 is 23.8 Å². The molecule has 0 bridgehead atoms. The third-order valence-electron chi connectivity index (χ3n) is 3.70. The van der Waals surface area contributed by atoms with Crippen LogP contribution in [0.2, 0.25) is 5.02 Å². The molecule has 0 heterocycles. The van der Waals surface area contributed by atoms with Crippen LogP contribution in [0.25, 0.3) is 0 Å². The van der Waals surface area contributed by atoms with Gasteiger partial charge in [-0.15, -0.1) is 0 Å². The van der Waals surface area contributed by atoms with Crippen molar-refractivity contribution in [1.82, 2.24) is 5.43 Å². The first-order chi connectivity index (χ1) is 13.5. The van der Waals surface area contributed by atoms with Gasteiger partial charge in [-0.2, -0.15) is 5.10 Å². The van der Waals surface area contributed by atoms with E-state index in [4.69, 9.17) is 21.1 Å². The summed E-state index contributed by atoms with van der Waals surface area (Å²) in [5.41, 5.74) is 4.15. The molecule has 0 aliphatic rings. The number of halogens is 1. The zero-order valence-electron chi connectivity index (χ0n) is 15.6. The fourth-order valence-corrected chi connectivity index (χ4v) is 2.56. The molecule has 0 aromatic heterocycles. The van der Waals surface area contributed by atoms with E-state index in [2.05, 4.69) is 15.3 Å². The summed E-state index contributed by atoms with van der Waals surface area (Å²) in [5.74, 6) is -0.190. The van der Waals surface area contributed by atoms with Crippen molar-refractivity contribution in [3.05, 3.63) is 58.6 Å². The third-order valence-corrected chi connectivity index (χ3v) is 3.98. The third kappa shape index (κ3) is 6.59. The van der Waals surface area contributed by atoms with E-state index in [1.807, 2.05) is 30.3 Å². The fraction of sp³-hybridized carbons (Fsp3) is 0.250. The number of nitrogens with zero attached hydrogens (tertiary/aromatic N) is 1. The van der Waals surface area contributed by atoms with Gasteiger partial charge in [-0.25, -0.2) is 10.2 Å². The molecule has 0 atom stereocenters. The topological polar surface area (TPSA) is 86.2 Å². The largest absolute Gasteiger partial charge is 0.493 e. The number of ether oxygens (including phenoxy) is 3. The lowest BCUT2D eigenvalue weighted by Gasteiger charge is -2.12. The Balaban J connectivity index is 1.94. The van der Waals surface area contributed by atoms with E-state index in [1.54, 1.807) is 12.1 Å². The van der Waals surface area contributed by atoms with Crippen LogP contribution in [0.4, 0.5) is 0 Å². The van der Waals surface area contributed by atoms with E-state index in [0.29, 0.717) is 24.2 Å². The van der Waals surface area contributed by atoms with E-state index in [-0.39, 0.29) is 23.3 Å². The minimum Gasteiger partial charge on any atom is -0.493 e. The molecule has 2 rings (SSSR count). The van der Waals surface area contributed by atoms with Gasteiger partial charge in [0.05, 0.1) is 25.5 Å². The zero-order valence-corrected chi connectivity index (χ0v) is 16.4. The molecule has 2 aromatic rings. The van der Waals surface area contributed by atoms with Crippen molar-refractivity contribution in [2.24, 2.45) is 5.10 Å². The van der Waals surface area contributed by atoms with E-state index < -0.39 is 5.97 Å². The summed E-state index contributed by atoms with van der Waals surface area (Å²) in [4.78, 5) is 23.1. The van der Waals surface area contributed by atoms with Gasteiger partial charge in [0.15, 0.2) is 18.1 Å². The molecule has 28 heavy (non-hydrogen) atoms. The quantitative estimate of drug-likeness (QED) is 0.394. The second-order valence-corrected chi connectivity index (χ2v) is 6.08. The van der Waals surface area contributed by atoms with Crippen LogP contribution >= 0.6 is 11.6 Å². The number of aryl methyl sites for hydroxylation is 1. The molecule has 0 radical (unpaired) electrons. The molecule has 0 saturated carbocycles. The number of hydrazone groups is 1. The van der Waals surface area contributed by atoms with Crippen LogP contribution in [0.15, 0.2) is 47.6 Å². The van der Waals surface area contributed by atoms with Crippen LogP contribution in [0, 0.1) is 0 Å². The van der Waals surface area contributed by atoms with Gasteiger partial charge in [-0.3, -0.25) is 4.79 Å². The van der Waals surface area contributed by atoms with Crippen molar-refractivity contribution in [3.8, 4) is 11.5 Å². The van der Waals surface area contributed by atoms with Gasteiger partial charge in [-0.1, -0.05) is 41.9 Å². The Bertz CT molecular complexity index is 840. The van der Waals surface area contributed by atoms with Gasteiger partial charge >= 0.3 is 5.97 Å². The second kappa shape index (κ2) is 10.9. The van der Waals surface area contributed by atoms with Crippen LogP contribution in [-0.4, -0.2) is 38.9 Å². The number of rotatable bonds is 9. The number of esters is 1. The molecule has 1 amide bonds. The molecule has 1 N–H and O–H groups in total. The molecule has 0 aliphatic carbocycles. The zero-order chi connectivity index (χ0) is 20.4. The maximum absolute atomic E-state index is 11.9. The number of carbonyl (C=O) groups is 2. The Morgan fingerprint density at radius 2 is 1.93 bits per heavy atom. The first kappa shape index (κ1) is 21.2. The summed E-state index contributed by atoms with van der Waals surface area (Å²) in [7, 11) is 2.71. The normalized spacial score (nSPS) is 10.5. The van der Waals surface area contributed by atoms with Crippen LogP contribution < -0.4 is 14.9 Å². The average molecular weight is 405 g/mol. The Morgan fingerprint density at radius 1 is 1.18 bits per heavy atom. The molecular weight excluding hydrogens is 384 g/mol. The van der Waals surface area contributed by atoms with Crippen LogP contribution in [0.1, 0.15) is 17.5 Å². The second-order valence-electron chi connectivity index (χ2n) is 5.68. The monoisotopic (exact) mass is 404 g/mol. The van der Waals surface area contributed by atoms with Gasteiger partial charge in [0.2, 0.25) is 5.91 Å². The summed E-state index contributed by atoms with van der Waals surface area (Å²) >= 11 is 6.19. The maximum Gasteiger partial charge on any atom is 0.343 e. The van der Waals surface area contributed by atoms with Crippen molar-refractivity contribution in [2.45, 2.75) is 12.8 Å². The van der Waals surface area contributed by atoms with Crippen LogP contribution in [0.3, 0.4) is 0 Å². The number of benzene rings is 2. The van der Waals surface area contributed by atoms with Crippen LogP contribution in [0.5, 0.6) is 11.5 Å². The van der Waals surface area contributed by atoms with E-state index in [1.165, 1.54) is 20.4 Å². The van der Waals surface area contributed by atoms with Crippen molar-refractivity contribution in [3.63, 3.8) is 0 Å². The van der Waals surface area contributed by atoms with Crippen molar-refractivity contribution in [2.75, 3.05) is 20.8 Å². The number of carbonyl (C=O) groups excluding carboxylic acids is 2. The summed E-state index contributed by atoms with van der Waals surface area (Å²) in [6, 6.07) is 12.9. The standard InChI is InChI=1S/C20H21ClN2O5/c1-26-17-11-15(10-16(21)20(17)28-13-19(25)27-2)12-22-23-18(24)9-8-14-6-4-3-5-7-14/h3-7,10-12H,8-9,13H2,1-2H3,(H,23,24)/b22-12-. The minimum atomic E-state index is -0.540. The van der Waals surface area contributed by atoms with Crippen LogP contribution in [-0.2, 0) is 20.7 Å². The summed E-state index contributed by atoms with van der Waals surface area (Å²) in [6.45, 7) is -0.294. The number of hydrogen-bond donors (Lipinski definition) is 1. The molecule has 0 saturated heterocycles. The van der Waals surface area contributed by atoms with E-state index in [0.717, 1.165) is 5.56 Å². The summed E-state index contributed by atoms with van der Waals surface area (Å²) < 4.78 is 15.1. The molecule has 8 heteroatoms. The summed E-state index contributed by atoms with van der Waals surface area (Å²) in [6.07, 6.45) is 2.40. The molecule has 148 valence electrons. The first-order valence-corrected chi connectivity index (χ1v) is 8.84. The molecule has 0 spiro atoms. The minimum absolute atomic E-state index is 0.198. The van der Waals surface area contributed by atoms with E-state index in [9.17, 15) is 9.59 Å². The number of methoxy groups -OCH3 is 2. The first-order valence-electron chi connectivity index (χ1n) is 8.46. The Kier molecular flexibility index (Phi) is 8.30. The highest BCUT2D eigenvalue weighted by atomic mass is 35.5. The molecule has 0 unspecified atom stereocenters. The lowest BCUT2D eigenvalue weighted by Crippen LogP contribution is -2.17. The highest BCUT2D eigenvalue weighted by molar-refractivity contribution is 6.32. The highest BCUT2D eigenvalue weighted by Crippen LogP contribution is 2.36. The molecular formula is C20H21ClN2O5. The Labute approximate surface area is 168 Å². The number of hydrogen-bond acceptors (Lipinski definition) is 6. The van der Waals surface area contributed by atoms with Gasteiger partial charge in [0.25, 0.3) is 0 Å². The predicted octanol–water partition coefficient (Wildman–Crippen LogP) is 2.98. The van der Waals surface area contributed by atoms with Gasteiger partial charge in [-0.05, 0) is 29.7 Å². The average Bonchev–Trinajstić information content (AvgIpc) is 2.71. The SMILES string of the molecule is COC(=O)COc1c(Cl)cc(/C=N\NC(=O)CCc2ccccc2)cc1OC. The van der Waals surface area contributed by atoms with Crippen molar-refractivity contribution in [1.29, 1.82) is 0 Å². The van der Waals surface area contributed by atoms with E-state index >= 15 is 0 Å². The Hall–Kier alpha value is -3.06. The lowest BCUT2D eigenvalue weighted by atomic mass is 10.1. The smallest absolute Gasteiger partial charge is 0.343 e. The summed E-state index contributed by atoms with van der Waals surface area (Å²) in [5, 5.41) is 4.17. The fourth-order valence-electron chi connectivity index (χ4n) is 2.28. The predicted molar refractivity (Wildman–Crippen MR) is 106 cm³/mol. The number of nitrogens with one attached hydrogen (secondary N) is 1. The Morgan fingerprint density at radius 3 is 2.61 bits per heavy atom. The van der Waals surface area contributed by atoms with Gasteiger partial charge in [0.1, 0.15) is 0 Å². The van der Waals surface area contributed by atoms with Crippen molar-refractivity contribution >= 4 is 29.7 Å². The number of amides is 1. The maximum atomic E-state index is 11.9. The molecule has 2 aromatic carbocycles. The van der Waals surface area contributed by atoms with Gasteiger partial charge < -0.3 is 14.2 Å². The molecule has 7 nitrogen and oxygen atoms in total.